The third-order valence-electron chi connectivity index (χ3n) is 1.29. The molecule has 0 aromatic heterocycles. The van der Waals surface area contributed by atoms with E-state index in [1.54, 1.807) is 0 Å². The molecule has 1 aromatic carbocycles. The van der Waals surface area contributed by atoms with Crippen LogP contribution in [0.3, 0.4) is 0 Å². The van der Waals surface area contributed by atoms with Gasteiger partial charge in [-0.15, -0.1) is 0 Å². The monoisotopic (exact) mass is 170 g/mol. The van der Waals surface area contributed by atoms with Crippen LogP contribution in [0.1, 0.15) is 10.4 Å². The average Bonchev–Trinajstić information content (AvgIpc) is 2.01. The van der Waals surface area contributed by atoms with Crippen molar-refractivity contribution >= 4 is 5.91 Å². The van der Waals surface area contributed by atoms with Gasteiger partial charge >= 0.3 is 0 Å². The summed E-state index contributed by atoms with van der Waals surface area (Å²) in [6, 6.07) is 2.56. The zero-order valence-corrected chi connectivity index (χ0v) is 6.10. The van der Waals surface area contributed by atoms with Gasteiger partial charge < -0.3 is 5.32 Å². The van der Waals surface area contributed by atoms with Crippen molar-refractivity contribution in [2.75, 3.05) is 0 Å². The summed E-state index contributed by atoms with van der Waals surface area (Å²) in [5, 5.41) is 2.01. The van der Waals surface area contributed by atoms with E-state index >= 15 is 0 Å². The van der Waals surface area contributed by atoms with Gasteiger partial charge in [0.25, 0.3) is 5.91 Å². The van der Waals surface area contributed by atoms with Crippen LogP contribution in [0.4, 0.5) is 8.78 Å². The lowest BCUT2D eigenvalue weighted by molar-refractivity contribution is 0.0968. The molecule has 0 heterocycles. The Morgan fingerprint density at radius 1 is 1.25 bits per heavy atom. The minimum atomic E-state index is -0.784. The number of halogens is 2. The Bertz CT molecular complexity index is 292. The van der Waals surface area contributed by atoms with Gasteiger partial charge in [-0.3, -0.25) is 4.79 Å². The molecule has 2 nitrogen and oxygen atoms in total. The highest BCUT2D eigenvalue weighted by atomic mass is 19.1. The summed E-state index contributed by atoms with van der Waals surface area (Å²) in [5.41, 5.74) is -0.0810. The van der Waals surface area contributed by atoms with E-state index in [0.29, 0.717) is 6.07 Å². The summed E-state index contributed by atoms with van der Waals surface area (Å²) in [6.07, 6.45) is 0. The first kappa shape index (κ1) is 8.64. The molecular formula is C8H6F2NO. The van der Waals surface area contributed by atoms with Crippen molar-refractivity contribution in [2.45, 2.75) is 0 Å². The van der Waals surface area contributed by atoms with E-state index in [2.05, 4.69) is 7.05 Å². The number of hydrogen-bond donors (Lipinski definition) is 1. The summed E-state index contributed by atoms with van der Waals surface area (Å²) in [7, 11) is 3.08. The fourth-order valence-electron chi connectivity index (χ4n) is 0.787. The fraction of sp³-hybridized carbons (Fsp3) is 0. The molecule has 0 atom stereocenters. The van der Waals surface area contributed by atoms with Gasteiger partial charge in [-0.2, -0.15) is 0 Å². The van der Waals surface area contributed by atoms with Crippen LogP contribution in [-0.2, 0) is 0 Å². The first-order valence-electron chi connectivity index (χ1n) is 3.17. The van der Waals surface area contributed by atoms with E-state index in [0.717, 1.165) is 12.1 Å². The lowest BCUT2D eigenvalue weighted by Gasteiger charge is -1.98. The van der Waals surface area contributed by atoms with E-state index in [-0.39, 0.29) is 5.56 Å². The third-order valence-corrected chi connectivity index (χ3v) is 1.29. The summed E-state index contributed by atoms with van der Waals surface area (Å²) < 4.78 is 25.0. The molecule has 1 aromatic rings. The van der Waals surface area contributed by atoms with E-state index < -0.39 is 17.5 Å². The molecule has 1 radical (unpaired) electrons. The summed E-state index contributed by atoms with van der Waals surface area (Å²) in [5.74, 6) is -2.18. The number of benzene rings is 1. The molecule has 0 saturated carbocycles. The molecule has 0 aliphatic rings. The molecule has 1 amide bonds. The highest BCUT2D eigenvalue weighted by Gasteiger charge is 2.06. The molecule has 0 unspecified atom stereocenters. The van der Waals surface area contributed by atoms with Gasteiger partial charge in [0, 0.05) is 18.7 Å². The topological polar surface area (TPSA) is 29.1 Å². The Balaban J connectivity index is 3.08. The molecule has 4 heteroatoms. The standard InChI is InChI=1S/C8H6F2NO/c1-11-8(12)5-2-6(9)4-7(10)3-5/h2-4H,1H2,(H,11,12). The highest BCUT2D eigenvalue weighted by Crippen LogP contribution is 2.07. The molecule has 12 heavy (non-hydrogen) atoms. The first-order valence-corrected chi connectivity index (χ1v) is 3.17. The van der Waals surface area contributed by atoms with Crippen LogP contribution in [0.5, 0.6) is 0 Å². The van der Waals surface area contributed by atoms with Crippen molar-refractivity contribution < 1.29 is 13.6 Å². The van der Waals surface area contributed by atoms with Crippen LogP contribution in [0.15, 0.2) is 18.2 Å². The van der Waals surface area contributed by atoms with Crippen molar-refractivity contribution in [2.24, 2.45) is 0 Å². The Morgan fingerprint density at radius 3 is 2.17 bits per heavy atom. The maximum atomic E-state index is 12.5. The molecule has 0 bridgehead atoms. The predicted molar refractivity (Wildman–Crippen MR) is 39.2 cm³/mol. The summed E-state index contributed by atoms with van der Waals surface area (Å²) in [4.78, 5) is 10.8. The van der Waals surface area contributed by atoms with Crippen LogP contribution in [0, 0.1) is 18.7 Å². The lowest BCUT2D eigenvalue weighted by atomic mass is 10.2. The molecule has 1 rings (SSSR count). The third kappa shape index (κ3) is 1.78. The van der Waals surface area contributed by atoms with Gasteiger partial charge in [0.05, 0.1) is 0 Å². The molecule has 0 saturated heterocycles. The van der Waals surface area contributed by atoms with Crippen LogP contribution in [0.2, 0.25) is 0 Å². The molecule has 1 N–H and O–H groups in total. The molecule has 63 valence electrons. The Hall–Kier alpha value is -1.45. The number of hydrogen-bond acceptors (Lipinski definition) is 1. The van der Waals surface area contributed by atoms with Crippen molar-refractivity contribution in [1.29, 1.82) is 0 Å². The second kappa shape index (κ2) is 3.30. The van der Waals surface area contributed by atoms with Gasteiger partial charge in [-0.05, 0) is 12.1 Å². The number of carbonyl (C=O) groups is 1. The zero-order chi connectivity index (χ0) is 9.14. The molecule has 0 spiro atoms. The molecule has 0 aliphatic carbocycles. The first-order chi connectivity index (χ1) is 5.63. The largest absolute Gasteiger partial charge is 0.350 e. The van der Waals surface area contributed by atoms with E-state index in [4.69, 9.17) is 0 Å². The van der Waals surface area contributed by atoms with Gasteiger partial charge in [-0.1, -0.05) is 0 Å². The van der Waals surface area contributed by atoms with Gasteiger partial charge in [-0.25, -0.2) is 8.78 Å². The van der Waals surface area contributed by atoms with E-state index in [1.807, 2.05) is 5.32 Å². The minimum Gasteiger partial charge on any atom is -0.350 e. The van der Waals surface area contributed by atoms with Crippen molar-refractivity contribution in [3.05, 3.63) is 42.4 Å². The average molecular weight is 170 g/mol. The quantitative estimate of drug-likeness (QED) is 0.679. The predicted octanol–water partition coefficient (Wildman–Crippen LogP) is 1.49. The van der Waals surface area contributed by atoms with Gasteiger partial charge in [0.2, 0.25) is 0 Å². The normalized spacial score (nSPS) is 9.58. The second-order valence-corrected chi connectivity index (χ2v) is 2.16. The summed E-state index contributed by atoms with van der Waals surface area (Å²) >= 11 is 0. The van der Waals surface area contributed by atoms with Crippen LogP contribution in [-0.4, -0.2) is 5.91 Å². The lowest BCUT2D eigenvalue weighted by Crippen LogP contribution is -2.15. The molecular weight excluding hydrogens is 164 g/mol. The van der Waals surface area contributed by atoms with Crippen LogP contribution in [0.25, 0.3) is 0 Å². The zero-order valence-electron chi connectivity index (χ0n) is 6.10. The van der Waals surface area contributed by atoms with Gasteiger partial charge in [0.15, 0.2) is 0 Å². The van der Waals surface area contributed by atoms with Crippen LogP contribution < -0.4 is 5.32 Å². The second-order valence-electron chi connectivity index (χ2n) is 2.16. The number of carbonyl (C=O) groups excluding carboxylic acids is 1. The van der Waals surface area contributed by atoms with Crippen LogP contribution >= 0.6 is 0 Å². The number of nitrogens with one attached hydrogen (secondary N) is 1. The van der Waals surface area contributed by atoms with E-state index in [9.17, 15) is 13.6 Å². The Morgan fingerprint density at radius 2 is 1.75 bits per heavy atom. The van der Waals surface area contributed by atoms with Crippen molar-refractivity contribution in [3.8, 4) is 0 Å². The number of amides is 1. The highest BCUT2D eigenvalue weighted by molar-refractivity contribution is 5.94. The summed E-state index contributed by atoms with van der Waals surface area (Å²) in [6.45, 7) is 0. The smallest absolute Gasteiger partial charge is 0.251 e. The maximum Gasteiger partial charge on any atom is 0.251 e. The van der Waals surface area contributed by atoms with E-state index in [1.165, 1.54) is 0 Å². The fourth-order valence-corrected chi connectivity index (χ4v) is 0.787. The maximum absolute atomic E-state index is 12.5. The minimum absolute atomic E-state index is 0.0810. The Labute approximate surface area is 68.2 Å². The van der Waals surface area contributed by atoms with Crippen molar-refractivity contribution in [3.63, 3.8) is 0 Å². The van der Waals surface area contributed by atoms with Gasteiger partial charge in [0.1, 0.15) is 11.6 Å². The molecule has 0 aliphatic heterocycles. The van der Waals surface area contributed by atoms with Crippen molar-refractivity contribution in [1.82, 2.24) is 5.32 Å². The SMILES string of the molecule is [CH2]NC(=O)c1cc(F)cc(F)c1. The Kier molecular flexibility index (Phi) is 2.38. The molecule has 0 fully saturated rings. The number of rotatable bonds is 1.